The number of hydrogen-bond acceptors (Lipinski definition) is 5. The zero-order valence-corrected chi connectivity index (χ0v) is 17.5. The third-order valence-electron chi connectivity index (χ3n) is 4.96. The molecule has 1 aliphatic rings. The van der Waals surface area contributed by atoms with Crippen molar-refractivity contribution in [1.29, 1.82) is 0 Å². The van der Waals surface area contributed by atoms with E-state index in [0.29, 0.717) is 25.6 Å². The molecule has 0 bridgehead atoms. The molecule has 1 aromatic carbocycles. The van der Waals surface area contributed by atoms with Crippen molar-refractivity contribution in [3.8, 4) is 0 Å². The first-order valence-corrected chi connectivity index (χ1v) is 10.3. The molecule has 0 radical (unpaired) electrons. The molecule has 10 heteroatoms. The summed E-state index contributed by atoms with van der Waals surface area (Å²) in [5, 5.41) is 9.11. The number of alkyl halides is 3. The lowest BCUT2D eigenvalue weighted by Crippen LogP contribution is -2.39. The van der Waals surface area contributed by atoms with Crippen LogP contribution < -0.4 is 16.0 Å². The molecule has 0 amide bonds. The Kier molecular flexibility index (Phi) is 8.05. The lowest BCUT2D eigenvalue weighted by molar-refractivity contribution is -0.141. The van der Waals surface area contributed by atoms with Crippen LogP contribution in [0.2, 0.25) is 0 Å². The quantitative estimate of drug-likeness (QED) is 0.336. The fourth-order valence-corrected chi connectivity index (χ4v) is 3.32. The summed E-state index contributed by atoms with van der Waals surface area (Å²) in [6.45, 7) is 4.76. The van der Waals surface area contributed by atoms with Crippen LogP contribution in [0.5, 0.6) is 0 Å². The molecule has 3 N–H and O–H groups in total. The fraction of sp³-hybridized carbons (Fsp3) is 0.476. The zero-order chi connectivity index (χ0) is 22.1. The van der Waals surface area contributed by atoms with Crippen molar-refractivity contribution >= 4 is 11.9 Å². The van der Waals surface area contributed by atoms with Gasteiger partial charge in [-0.3, -0.25) is 9.89 Å². The molecule has 3 rings (SSSR count). The number of anilines is 1. The van der Waals surface area contributed by atoms with Crippen molar-refractivity contribution in [3.05, 3.63) is 53.3 Å². The van der Waals surface area contributed by atoms with Crippen molar-refractivity contribution in [2.45, 2.75) is 32.1 Å². The van der Waals surface area contributed by atoms with Gasteiger partial charge in [0.25, 0.3) is 0 Å². The SMILES string of the molecule is CN=C(NCCNc1nccc(C(F)(F)F)n1)NCc1ccc(CN2CCCC2)cc1. The maximum atomic E-state index is 12.7. The second kappa shape index (κ2) is 10.9. The smallest absolute Gasteiger partial charge is 0.355 e. The predicted molar refractivity (Wildman–Crippen MR) is 115 cm³/mol. The third kappa shape index (κ3) is 7.39. The number of rotatable bonds is 8. The summed E-state index contributed by atoms with van der Waals surface area (Å²) in [5.41, 5.74) is 1.49. The van der Waals surface area contributed by atoms with Crippen molar-refractivity contribution in [3.63, 3.8) is 0 Å². The third-order valence-corrected chi connectivity index (χ3v) is 4.96. The van der Waals surface area contributed by atoms with Gasteiger partial charge in [-0.05, 0) is 43.1 Å². The highest BCUT2D eigenvalue weighted by Gasteiger charge is 2.32. The Morgan fingerprint density at radius 3 is 2.42 bits per heavy atom. The highest BCUT2D eigenvalue weighted by atomic mass is 19.4. The van der Waals surface area contributed by atoms with Gasteiger partial charge in [-0.2, -0.15) is 13.2 Å². The van der Waals surface area contributed by atoms with Crippen molar-refractivity contribution < 1.29 is 13.2 Å². The largest absolute Gasteiger partial charge is 0.433 e. The van der Waals surface area contributed by atoms with Crippen LogP contribution in [0, 0.1) is 0 Å². The van der Waals surface area contributed by atoms with E-state index in [1.807, 2.05) is 0 Å². The number of halogens is 3. The summed E-state index contributed by atoms with van der Waals surface area (Å²) < 4.78 is 38.1. The number of aromatic nitrogens is 2. The molecule has 31 heavy (non-hydrogen) atoms. The first-order chi connectivity index (χ1) is 14.9. The van der Waals surface area contributed by atoms with Gasteiger partial charge in [-0.15, -0.1) is 0 Å². The van der Waals surface area contributed by atoms with E-state index in [-0.39, 0.29) is 5.95 Å². The Balaban J connectivity index is 1.38. The van der Waals surface area contributed by atoms with Crippen LogP contribution >= 0.6 is 0 Å². The second-order valence-electron chi connectivity index (χ2n) is 7.34. The van der Waals surface area contributed by atoms with Gasteiger partial charge in [0.2, 0.25) is 5.95 Å². The van der Waals surface area contributed by atoms with Gasteiger partial charge < -0.3 is 16.0 Å². The Labute approximate surface area is 180 Å². The minimum absolute atomic E-state index is 0.0615. The molecule has 0 unspecified atom stereocenters. The average Bonchev–Trinajstić information content (AvgIpc) is 3.27. The van der Waals surface area contributed by atoms with Gasteiger partial charge >= 0.3 is 6.18 Å². The number of nitrogens with zero attached hydrogens (tertiary/aromatic N) is 4. The van der Waals surface area contributed by atoms with Gasteiger partial charge in [0.05, 0.1) is 0 Å². The summed E-state index contributed by atoms with van der Waals surface area (Å²) in [6.07, 6.45) is -0.828. The fourth-order valence-electron chi connectivity index (χ4n) is 3.32. The van der Waals surface area contributed by atoms with Crippen molar-refractivity contribution in [2.75, 3.05) is 38.5 Å². The second-order valence-corrected chi connectivity index (χ2v) is 7.34. The monoisotopic (exact) mass is 435 g/mol. The summed E-state index contributed by atoms with van der Waals surface area (Å²) in [6, 6.07) is 9.37. The molecule has 0 atom stereocenters. The van der Waals surface area contributed by atoms with E-state index in [9.17, 15) is 13.2 Å². The summed E-state index contributed by atoms with van der Waals surface area (Å²) >= 11 is 0. The molecule has 7 nitrogen and oxygen atoms in total. The van der Waals surface area contributed by atoms with E-state index in [1.54, 1.807) is 7.05 Å². The Morgan fingerprint density at radius 1 is 1.03 bits per heavy atom. The highest BCUT2D eigenvalue weighted by molar-refractivity contribution is 5.79. The van der Waals surface area contributed by atoms with Crippen LogP contribution in [0.1, 0.15) is 29.7 Å². The number of likely N-dealkylation sites (tertiary alicyclic amines) is 1. The van der Waals surface area contributed by atoms with E-state index in [2.05, 4.69) is 60.1 Å². The van der Waals surface area contributed by atoms with Crippen molar-refractivity contribution in [2.24, 2.45) is 4.99 Å². The predicted octanol–water partition coefficient (Wildman–Crippen LogP) is 2.87. The number of guanidine groups is 1. The maximum absolute atomic E-state index is 12.7. The molecule has 0 saturated carbocycles. The van der Waals surface area contributed by atoms with E-state index >= 15 is 0 Å². The minimum atomic E-state index is -4.49. The molecular formula is C21H28F3N7. The number of hydrogen-bond donors (Lipinski definition) is 3. The zero-order valence-electron chi connectivity index (χ0n) is 17.5. The molecule has 1 saturated heterocycles. The van der Waals surface area contributed by atoms with Crippen LogP contribution in [0.3, 0.4) is 0 Å². The van der Waals surface area contributed by atoms with Crippen LogP contribution in [0.15, 0.2) is 41.5 Å². The van der Waals surface area contributed by atoms with Gasteiger partial charge in [0.15, 0.2) is 5.96 Å². The highest BCUT2D eigenvalue weighted by Crippen LogP contribution is 2.27. The number of nitrogens with one attached hydrogen (secondary N) is 3. The topological polar surface area (TPSA) is 77.5 Å². The molecule has 2 aromatic rings. The Bertz CT molecular complexity index is 847. The first kappa shape index (κ1) is 22.8. The lowest BCUT2D eigenvalue weighted by Gasteiger charge is -2.15. The van der Waals surface area contributed by atoms with Gasteiger partial charge in [0, 0.05) is 39.4 Å². The van der Waals surface area contributed by atoms with Gasteiger partial charge in [0.1, 0.15) is 5.69 Å². The number of benzene rings is 1. The first-order valence-electron chi connectivity index (χ1n) is 10.3. The Morgan fingerprint density at radius 2 is 1.74 bits per heavy atom. The van der Waals surface area contributed by atoms with Crippen LogP contribution in [-0.2, 0) is 19.3 Å². The molecule has 168 valence electrons. The molecule has 1 fully saturated rings. The minimum Gasteiger partial charge on any atom is -0.355 e. The average molecular weight is 435 g/mol. The van der Waals surface area contributed by atoms with Crippen LogP contribution in [0.4, 0.5) is 19.1 Å². The maximum Gasteiger partial charge on any atom is 0.433 e. The van der Waals surface area contributed by atoms with E-state index in [0.717, 1.165) is 24.4 Å². The normalized spacial score (nSPS) is 15.2. The van der Waals surface area contributed by atoms with Crippen LogP contribution in [0.25, 0.3) is 0 Å². The van der Waals surface area contributed by atoms with Gasteiger partial charge in [-0.1, -0.05) is 24.3 Å². The molecule has 0 aliphatic carbocycles. The molecule has 2 heterocycles. The van der Waals surface area contributed by atoms with E-state index in [1.165, 1.54) is 31.5 Å². The number of aliphatic imine (C=N–C) groups is 1. The van der Waals surface area contributed by atoms with E-state index in [4.69, 9.17) is 0 Å². The molecule has 0 spiro atoms. The molecule has 1 aromatic heterocycles. The summed E-state index contributed by atoms with van der Waals surface area (Å²) in [7, 11) is 1.66. The molecule has 1 aliphatic heterocycles. The lowest BCUT2D eigenvalue weighted by atomic mass is 10.1. The summed E-state index contributed by atoms with van der Waals surface area (Å²) in [4.78, 5) is 13.9. The summed E-state index contributed by atoms with van der Waals surface area (Å²) in [5.74, 6) is 0.543. The van der Waals surface area contributed by atoms with E-state index < -0.39 is 11.9 Å². The molecular weight excluding hydrogens is 407 g/mol. The van der Waals surface area contributed by atoms with Crippen LogP contribution in [-0.4, -0.2) is 54.1 Å². The van der Waals surface area contributed by atoms with Crippen molar-refractivity contribution in [1.82, 2.24) is 25.5 Å². The standard InChI is InChI=1S/C21H28F3N7/c1-25-19(27-10-11-28-20-26-9-8-18(30-20)21(22,23)24)29-14-16-4-6-17(7-5-16)15-31-12-2-3-13-31/h4-9H,2-3,10-15H2,1H3,(H2,25,27,29)(H,26,28,30). The van der Waals surface area contributed by atoms with Gasteiger partial charge in [-0.25, -0.2) is 9.97 Å². The Hall–Kier alpha value is -2.88.